The zero-order valence-corrected chi connectivity index (χ0v) is 19.0. The van der Waals surface area contributed by atoms with Crippen LogP contribution in [0.3, 0.4) is 0 Å². The lowest BCUT2D eigenvalue weighted by atomic mass is 9.87. The molecule has 0 spiro atoms. The van der Waals surface area contributed by atoms with E-state index in [2.05, 4.69) is 33.9 Å². The molecule has 0 aliphatic heterocycles. The van der Waals surface area contributed by atoms with E-state index in [-0.39, 0.29) is 0 Å². The van der Waals surface area contributed by atoms with E-state index in [0.29, 0.717) is 5.04 Å². The smallest absolute Gasteiger partial charge is 0.309 e. The molecule has 0 saturated heterocycles. The van der Waals surface area contributed by atoms with Gasteiger partial charge in [-0.3, -0.25) is 4.79 Å². The van der Waals surface area contributed by atoms with E-state index in [1.54, 1.807) is 0 Å². The molecule has 0 amide bonds. The van der Waals surface area contributed by atoms with E-state index in [1.807, 2.05) is 13.8 Å². The molecule has 0 saturated carbocycles. The number of hydrogen-bond acceptors (Lipinski definition) is 2. The Labute approximate surface area is 158 Å². The average Bonchev–Trinajstić information content (AvgIpc) is 2.46. The third kappa shape index (κ3) is 11.1. The van der Waals surface area contributed by atoms with Crippen molar-refractivity contribution in [1.82, 2.24) is 0 Å². The summed E-state index contributed by atoms with van der Waals surface area (Å²) in [5.74, 6) is -0.676. The highest BCUT2D eigenvalue weighted by Crippen LogP contribution is 2.36. The van der Waals surface area contributed by atoms with Crippen LogP contribution in [0.2, 0.25) is 18.1 Å². The summed E-state index contributed by atoms with van der Waals surface area (Å²) in [4.78, 5) is 11.0. The molecule has 0 bridgehead atoms. The molecule has 0 aromatic heterocycles. The number of rotatable bonds is 14. The predicted octanol–water partition coefficient (Wildman–Crippen LogP) is 7.02. The Hall–Kier alpha value is -0.353. The molecule has 3 nitrogen and oxygen atoms in total. The number of unbranched alkanes of at least 4 members (excludes halogenated alkanes) is 8. The molecule has 4 heteroatoms. The van der Waals surface area contributed by atoms with Crippen molar-refractivity contribution in [3.05, 3.63) is 0 Å². The van der Waals surface area contributed by atoms with Gasteiger partial charge >= 0.3 is 5.97 Å². The van der Waals surface area contributed by atoms with Gasteiger partial charge in [-0.25, -0.2) is 0 Å². The van der Waals surface area contributed by atoms with Gasteiger partial charge in [-0.1, -0.05) is 72.1 Å². The summed E-state index contributed by atoms with van der Waals surface area (Å²) in [6, 6.07) is 0. The number of carboxylic acids is 1. The second-order valence-electron chi connectivity index (χ2n) is 9.73. The molecular weight excluding hydrogens is 328 g/mol. The van der Waals surface area contributed by atoms with Gasteiger partial charge < -0.3 is 9.53 Å². The van der Waals surface area contributed by atoms with Crippen LogP contribution in [0, 0.1) is 5.41 Å². The third-order valence-electron chi connectivity index (χ3n) is 5.79. The third-order valence-corrected chi connectivity index (χ3v) is 10.3. The van der Waals surface area contributed by atoms with Gasteiger partial charge in [0.2, 0.25) is 0 Å². The molecule has 0 aliphatic carbocycles. The van der Waals surface area contributed by atoms with Crippen molar-refractivity contribution in [3.8, 4) is 0 Å². The summed E-state index contributed by atoms with van der Waals surface area (Å²) in [5.41, 5.74) is -0.563. The normalized spacial score (nSPS) is 13.2. The zero-order valence-electron chi connectivity index (χ0n) is 18.0. The quantitative estimate of drug-likeness (QED) is 0.263. The SMILES string of the molecule is CC(C)(CCCCCCCCCCCO[Si](C)(C)C(C)(C)C)C(=O)O. The molecule has 0 rings (SSSR count). The Kier molecular flexibility index (Phi) is 11.2. The zero-order chi connectivity index (χ0) is 19.6. The van der Waals surface area contributed by atoms with Crippen LogP contribution in [0.4, 0.5) is 0 Å². The molecule has 25 heavy (non-hydrogen) atoms. The number of hydrogen-bond donors (Lipinski definition) is 1. The van der Waals surface area contributed by atoms with Gasteiger partial charge in [-0.2, -0.15) is 0 Å². The molecule has 0 atom stereocenters. The lowest BCUT2D eigenvalue weighted by Gasteiger charge is -2.36. The van der Waals surface area contributed by atoms with Crippen molar-refractivity contribution in [2.24, 2.45) is 5.41 Å². The molecule has 1 N–H and O–H groups in total. The predicted molar refractivity (Wildman–Crippen MR) is 111 cm³/mol. The van der Waals surface area contributed by atoms with Gasteiger partial charge in [0.25, 0.3) is 0 Å². The molecule has 0 aliphatic rings. The van der Waals surface area contributed by atoms with Crippen LogP contribution in [-0.4, -0.2) is 26.0 Å². The molecular formula is C21H44O3Si. The van der Waals surface area contributed by atoms with Crippen molar-refractivity contribution in [2.75, 3.05) is 6.61 Å². The molecule has 0 fully saturated rings. The Balaban J connectivity index is 3.45. The topological polar surface area (TPSA) is 46.5 Å². The Bertz CT molecular complexity index is 370. The van der Waals surface area contributed by atoms with Crippen LogP contribution < -0.4 is 0 Å². The second-order valence-corrected chi connectivity index (χ2v) is 14.5. The fraction of sp³-hybridized carbons (Fsp3) is 0.952. The van der Waals surface area contributed by atoms with E-state index in [1.165, 1.54) is 44.9 Å². The summed E-state index contributed by atoms with van der Waals surface area (Å²) in [7, 11) is -1.56. The summed E-state index contributed by atoms with van der Waals surface area (Å²) in [6.45, 7) is 16.1. The van der Waals surface area contributed by atoms with Crippen molar-refractivity contribution >= 4 is 14.3 Å². The van der Waals surface area contributed by atoms with Crippen LogP contribution in [0.15, 0.2) is 0 Å². The van der Waals surface area contributed by atoms with E-state index in [4.69, 9.17) is 9.53 Å². The monoisotopic (exact) mass is 372 g/mol. The highest BCUT2D eigenvalue weighted by Gasteiger charge is 2.36. The van der Waals surface area contributed by atoms with Gasteiger partial charge in [0.1, 0.15) is 0 Å². The number of carbonyl (C=O) groups is 1. The second kappa shape index (κ2) is 11.4. The Morgan fingerprint density at radius 3 is 1.60 bits per heavy atom. The highest BCUT2D eigenvalue weighted by molar-refractivity contribution is 6.74. The highest BCUT2D eigenvalue weighted by atomic mass is 28.4. The molecule has 0 aromatic rings. The van der Waals surface area contributed by atoms with Crippen LogP contribution in [0.1, 0.15) is 98.8 Å². The van der Waals surface area contributed by atoms with Gasteiger partial charge in [-0.05, 0) is 44.8 Å². The van der Waals surface area contributed by atoms with Crippen molar-refractivity contribution in [1.29, 1.82) is 0 Å². The van der Waals surface area contributed by atoms with Gasteiger partial charge in [0, 0.05) is 6.61 Å². The first-order valence-electron chi connectivity index (χ1n) is 10.3. The first-order valence-corrected chi connectivity index (χ1v) is 13.2. The van der Waals surface area contributed by atoms with Crippen molar-refractivity contribution in [2.45, 2.75) is 117 Å². The van der Waals surface area contributed by atoms with Crippen molar-refractivity contribution < 1.29 is 14.3 Å². The fourth-order valence-electron chi connectivity index (χ4n) is 2.56. The van der Waals surface area contributed by atoms with Gasteiger partial charge in [-0.15, -0.1) is 0 Å². The average molecular weight is 373 g/mol. The van der Waals surface area contributed by atoms with E-state index in [0.717, 1.165) is 25.9 Å². The van der Waals surface area contributed by atoms with Crippen LogP contribution in [-0.2, 0) is 9.22 Å². The first kappa shape index (κ1) is 24.6. The first-order chi connectivity index (χ1) is 11.4. The summed E-state index contributed by atoms with van der Waals surface area (Å²) < 4.78 is 6.21. The molecule has 0 aromatic carbocycles. The molecule has 150 valence electrons. The number of aliphatic carboxylic acids is 1. The fourth-order valence-corrected chi connectivity index (χ4v) is 3.64. The van der Waals surface area contributed by atoms with Gasteiger partial charge in [0.05, 0.1) is 5.41 Å². The molecule has 0 unspecified atom stereocenters. The summed E-state index contributed by atoms with van der Waals surface area (Å²) >= 11 is 0. The Morgan fingerprint density at radius 1 is 0.800 bits per heavy atom. The molecule has 0 heterocycles. The maximum absolute atomic E-state index is 11.0. The minimum absolute atomic E-state index is 0.312. The standard InChI is InChI=1S/C21H44O3Si/c1-20(2,3)25(6,7)24-18-16-14-12-10-8-9-11-13-15-17-21(4,5)19(22)23/h8-18H2,1-7H3,(H,22,23). The largest absolute Gasteiger partial charge is 0.481 e. The van der Waals surface area contributed by atoms with Crippen molar-refractivity contribution in [3.63, 3.8) is 0 Å². The number of carboxylic acid groups (broad SMARTS) is 1. The van der Waals surface area contributed by atoms with Crippen LogP contribution in [0.25, 0.3) is 0 Å². The molecule has 0 radical (unpaired) electrons. The minimum Gasteiger partial charge on any atom is -0.481 e. The lowest BCUT2D eigenvalue weighted by molar-refractivity contribution is -0.147. The van der Waals surface area contributed by atoms with E-state index in [9.17, 15) is 4.79 Å². The van der Waals surface area contributed by atoms with E-state index < -0.39 is 19.7 Å². The summed E-state index contributed by atoms with van der Waals surface area (Å²) in [5, 5.41) is 9.39. The maximum Gasteiger partial charge on any atom is 0.309 e. The maximum atomic E-state index is 11.0. The minimum atomic E-state index is -1.56. The van der Waals surface area contributed by atoms with Crippen LogP contribution >= 0.6 is 0 Å². The Morgan fingerprint density at radius 2 is 1.20 bits per heavy atom. The lowest BCUT2D eigenvalue weighted by Crippen LogP contribution is -2.40. The summed E-state index contributed by atoms with van der Waals surface area (Å²) in [6.07, 6.45) is 11.9. The van der Waals surface area contributed by atoms with E-state index >= 15 is 0 Å². The van der Waals surface area contributed by atoms with Gasteiger partial charge in [0.15, 0.2) is 8.32 Å². The van der Waals surface area contributed by atoms with Crippen LogP contribution in [0.5, 0.6) is 0 Å².